The van der Waals surface area contributed by atoms with E-state index in [-0.39, 0.29) is 12.2 Å². The molecule has 1 fully saturated rings. The van der Waals surface area contributed by atoms with Crippen LogP contribution in [0.3, 0.4) is 0 Å². The van der Waals surface area contributed by atoms with E-state index >= 15 is 0 Å². The Morgan fingerprint density at radius 1 is 1.16 bits per heavy atom. The number of nitrogens with zero attached hydrogens (tertiary/aromatic N) is 2. The topological polar surface area (TPSA) is 52.7 Å². The average molecular weight is 271 g/mol. The Morgan fingerprint density at radius 3 is 2.26 bits per heavy atom. The first-order valence-corrected chi connectivity index (χ1v) is 6.41. The number of aliphatic hydroxyl groups is 1. The number of aliphatic hydroxyl groups excluding tert-OH is 1. The van der Waals surface area contributed by atoms with Gasteiger partial charge in [-0.25, -0.2) is 8.78 Å². The standard InChI is InChI=1S/C13H19F2N3O/c14-11-2-1-3-12(15)13(11)18-6-4-17(5-7-18)9-10(19)8-16/h1-3,10,19H,4-9,16H2. The van der Waals surface area contributed by atoms with E-state index in [2.05, 4.69) is 0 Å². The van der Waals surface area contributed by atoms with E-state index in [4.69, 9.17) is 5.73 Å². The van der Waals surface area contributed by atoms with Gasteiger partial charge in [0.2, 0.25) is 0 Å². The summed E-state index contributed by atoms with van der Waals surface area (Å²) in [6.45, 7) is 3.12. The lowest BCUT2D eigenvalue weighted by atomic mass is 10.2. The molecule has 1 heterocycles. The van der Waals surface area contributed by atoms with Crippen molar-refractivity contribution in [2.45, 2.75) is 6.10 Å². The van der Waals surface area contributed by atoms with Crippen LogP contribution in [-0.2, 0) is 0 Å². The van der Waals surface area contributed by atoms with Gasteiger partial charge in [0, 0.05) is 39.3 Å². The summed E-state index contributed by atoms with van der Waals surface area (Å²) in [5.41, 5.74) is 5.40. The van der Waals surface area contributed by atoms with Crippen LogP contribution in [0, 0.1) is 11.6 Å². The normalized spacial score (nSPS) is 18.6. The highest BCUT2D eigenvalue weighted by atomic mass is 19.1. The number of nitrogens with two attached hydrogens (primary N) is 1. The lowest BCUT2D eigenvalue weighted by molar-refractivity contribution is 0.115. The summed E-state index contributed by atoms with van der Waals surface area (Å²) in [7, 11) is 0. The van der Waals surface area contributed by atoms with Gasteiger partial charge in [0.1, 0.15) is 17.3 Å². The Morgan fingerprint density at radius 2 is 1.74 bits per heavy atom. The molecule has 3 N–H and O–H groups in total. The number of piperazine rings is 1. The molecule has 0 amide bonds. The Hall–Kier alpha value is -1.24. The van der Waals surface area contributed by atoms with Gasteiger partial charge in [-0.05, 0) is 12.1 Å². The summed E-state index contributed by atoms with van der Waals surface area (Å²) in [6.07, 6.45) is -0.545. The molecule has 0 aromatic heterocycles. The van der Waals surface area contributed by atoms with Crippen LogP contribution in [0.2, 0.25) is 0 Å². The first-order valence-electron chi connectivity index (χ1n) is 6.41. The summed E-state index contributed by atoms with van der Waals surface area (Å²) in [5, 5.41) is 9.48. The van der Waals surface area contributed by atoms with Gasteiger partial charge in [-0.15, -0.1) is 0 Å². The molecule has 0 saturated carbocycles. The number of β-amino-alcohol motifs (C(OH)–C–C–N with tert-alkyl or cyclic N) is 1. The predicted octanol–water partition coefficient (Wildman–Crippen LogP) is 0.406. The number of benzene rings is 1. The highest BCUT2D eigenvalue weighted by molar-refractivity contribution is 5.49. The van der Waals surface area contributed by atoms with E-state index in [1.807, 2.05) is 4.90 Å². The molecule has 1 unspecified atom stereocenters. The van der Waals surface area contributed by atoms with Crippen LogP contribution >= 0.6 is 0 Å². The van der Waals surface area contributed by atoms with E-state index in [1.165, 1.54) is 18.2 Å². The zero-order valence-electron chi connectivity index (χ0n) is 10.7. The second-order valence-corrected chi connectivity index (χ2v) is 4.75. The third-order valence-corrected chi connectivity index (χ3v) is 3.37. The van der Waals surface area contributed by atoms with Crippen molar-refractivity contribution in [3.8, 4) is 0 Å². The van der Waals surface area contributed by atoms with E-state index in [9.17, 15) is 13.9 Å². The van der Waals surface area contributed by atoms with Crippen LogP contribution in [0.1, 0.15) is 0 Å². The Kier molecular flexibility index (Phi) is 4.68. The molecule has 1 saturated heterocycles. The Bertz CT molecular complexity index is 402. The zero-order valence-corrected chi connectivity index (χ0v) is 10.7. The summed E-state index contributed by atoms with van der Waals surface area (Å²) in [6, 6.07) is 3.90. The van der Waals surface area contributed by atoms with Gasteiger partial charge in [0.05, 0.1) is 6.10 Å². The number of para-hydroxylation sites is 1. The van der Waals surface area contributed by atoms with Crippen molar-refractivity contribution in [1.29, 1.82) is 0 Å². The second kappa shape index (κ2) is 6.27. The van der Waals surface area contributed by atoms with Gasteiger partial charge in [-0.2, -0.15) is 0 Å². The third kappa shape index (κ3) is 3.40. The van der Waals surface area contributed by atoms with E-state index in [1.54, 1.807) is 4.90 Å². The molecular formula is C13H19F2N3O. The van der Waals surface area contributed by atoms with Crippen molar-refractivity contribution in [2.24, 2.45) is 5.73 Å². The molecule has 0 radical (unpaired) electrons. The first kappa shape index (κ1) is 14.2. The number of rotatable bonds is 4. The molecule has 1 atom stereocenters. The molecule has 19 heavy (non-hydrogen) atoms. The summed E-state index contributed by atoms with van der Waals surface area (Å²) in [4.78, 5) is 3.75. The minimum atomic E-state index is -0.545. The minimum absolute atomic E-state index is 0.0431. The summed E-state index contributed by atoms with van der Waals surface area (Å²) >= 11 is 0. The van der Waals surface area contributed by atoms with Crippen LogP contribution in [0.25, 0.3) is 0 Å². The van der Waals surface area contributed by atoms with Gasteiger partial charge < -0.3 is 15.7 Å². The van der Waals surface area contributed by atoms with Gasteiger partial charge in [0.15, 0.2) is 0 Å². The molecule has 1 aromatic carbocycles. The molecule has 0 bridgehead atoms. The van der Waals surface area contributed by atoms with Crippen LogP contribution in [-0.4, -0.2) is 55.4 Å². The van der Waals surface area contributed by atoms with E-state index < -0.39 is 17.7 Å². The number of hydrogen-bond donors (Lipinski definition) is 2. The maximum absolute atomic E-state index is 13.6. The van der Waals surface area contributed by atoms with Gasteiger partial charge >= 0.3 is 0 Å². The lowest BCUT2D eigenvalue weighted by Crippen LogP contribution is -2.49. The lowest BCUT2D eigenvalue weighted by Gasteiger charge is -2.36. The van der Waals surface area contributed by atoms with E-state index in [0.717, 1.165) is 0 Å². The fourth-order valence-corrected chi connectivity index (χ4v) is 2.32. The number of halogens is 2. The molecule has 1 aliphatic heterocycles. The second-order valence-electron chi connectivity index (χ2n) is 4.75. The molecule has 4 nitrogen and oxygen atoms in total. The fourth-order valence-electron chi connectivity index (χ4n) is 2.32. The van der Waals surface area contributed by atoms with Crippen molar-refractivity contribution in [3.05, 3.63) is 29.8 Å². The van der Waals surface area contributed by atoms with Crippen molar-refractivity contribution < 1.29 is 13.9 Å². The minimum Gasteiger partial charge on any atom is -0.390 e. The van der Waals surface area contributed by atoms with Gasteiger partial charge in [-0.1, -0.05) is 6.07 Å². The van der Waals surface area contributed by atoms with Gasteiger partial charge in [0.25, 0.3) is 0 Å². The molecule has 6 heteroatoms. The molecule has 1 aliphatic rings. The molecule has 1 aromatic rings. The number of hydrogen-bond acceptors (Lipinski definition) is 4. The quantitative estimate of drug-likeness (QED) is 0.832. The molecular weight excluding hydrogens is 252 g/mol. The fraction of sp³-hybridized carbons (Fsp3) is 0.538. The molecule has 0 aliphatic carbocycles. The maximum atomic E-state index is 13.6. The third-order valence-electron chi connectivity index (χ3n) is 3.37. The van der Waals surface area contributed by atoms with Crippen LogP contribution in [0.15, 0.2) is 18.2 Å². The zero-order chi connectivity index (χ0) is 13.8. The molecule has 0 spiro atoms. The van der Waals surface area contributed by atoms with Crippen LogP contribution in [0.5, 0.6) is 0 Å². The SMILES string of the molecule is NCC(O)CN1CCN(c2c(F)cccc2F)CC1. The Labute approximate surface area is 111 Å². The summed E-state index contributed by atoms with van der Waals surface area (Å²) in [5.74, 6) is -1.06. The first-order chi connectivity index (χ1) is 9.11. The van der Waals surface area contributed by atoms with Crippen molar-refractivity contribution in [1.82, 2.24) is 4.90 Å². The molecule has 106 valence electrons. The largest absolute Gasteiger partial charge is 0.390 e. The predicted molar refractivity (Wildman–Crippen MR) is 70.1 cm³/mol. The van der Waals surface area contributed by atoms with E-state index in [0.29, 0.717) is 32.7 Å². The summed E-state index contributed by atoms with van der Waals surface area (Å²) < 4.78 is 27.3. The number of anilines is 1. The van der Waals surface area contributed by atoms with Crippen molar-refractivity contribution in [2.75, 3.05) is 44.2 Å². The smallest absolute Gasteiger partial charge is 0.149 e. The highest BCUT2D eigenvalue weighted by Crippen LogP contribution is 2.24. The van der Waals surface area contributed by atoms with Crippen LogP contribution < -0.4 is 10.6 Å². The average Bonchev–Trinajstić information content (AvgIpc) is 2.40. The van der Waals surface area contributed by atoms with Crippen molar-refractivity contribution in [3.63, 3.8) is 0 Å². The maximum Gasteiger partial charge on any atom is 0.149 e. The monoisotopic (exact) mass is 271 g/mol. The Balaban J connectivity index is 1.96. The van der Waals surface area contributed by atoms with Gasteiger partial charge in [-0.3, -0.25) is 4.90 Å². The van der Waals surface area contributed by atoms with Crippen molar-refractivity contribution >= 4 is 5.69 Å². The highest BCUT2D eigenvalue weighted by Gasteiger charge is 2.22. The molecule has 2 rings (SSSR count). The van der Waals surface area contributed by atoms with Crippen LogP contribution in [0.4, 0.5) is 14.5 Å².